The summed E-state index contributed by atoms with van der Waals surface area (Å²) in [5.41, 5.74) is 10.8. The van der Waals surface area contributed by atoms with E-state index in [2.05, 4.69) is 104 Å². The van der Waals surface area contributed by atoms with Gasteiger partial charge in [0.15, 0.2) is 0 Å². The largest absolute Gasteiger partial charge is 0.338 e. The number of imidazole rings is 2. The number of benzene rings is 3. The average Bonchev–Trinajstić information content (AvgIpc) is 3.66. The number of para-hydroxylation sites is 2. The third-order valence-corrected chi connectivity index (χ3v) is 7.65. The quantitative estimate of drug-likeness (QED) is 0.241. The number of pyridine rings is 2. The standard InChI is InChI=1S/C34H26N6/c1-2-14-32-31(13-1)39(27-11-7-9-25(21-27)29-23-37-17-5-3-15-33(37)35-29)19-20-40(32)28-12-8-10-26(22-28)30-24-38-18-6-4-16-34(38)36-30/h1-18,21-24H,19-20H2. The van der Waals surface area contributed by atoms with E-state index >= 15 is 0 Å². The molecule has 8 rings (SSSR count). The van der Waals surface area contributed by atoms with Crippen molar-refractivity contribution in [2.45, 2.75) is 0 Å². The van der Waals surface area contributed by atoms with E-state index in [1.807, 2.05) is 48.8 Å². The molecule has 0 unspecified atom stereocenters. The van der Waals surface area contributed by atoms with Crippen LogP contribution in [0.5, 0.6) is 0 Å². The van der Waals surface area contributed by atoms with Crippen LogP contribution in [0, 0.1) is 0 Å². The summed E-state index contributed by atoms with van der Waals surface area (Å²) in [5, 5.41) is 0. The zero-order valence-corrected chi connectivity index (χ0v) is 21.8. The van der Waals surface area contributed by atoms with E-state index in [1.165, 1.54) is 22.7 Å². The van der Waals surface area contributed by atoms with Crippen LogP contribution in [0.3, 0.4) is 0 Å². The maximum atomic E-state index is 4.84. The van der Waals surface area contributed by atoms with Crippen molar-refractivity contribution in [3.8, 4) is 22.5 Å². The van der Waals surface area contributed by atoms with Gasteiger partial charge in [0.2, 0.25) is 0 Å². The molecule has 4 aromatic heterocycles. The summed E-state index contributed by atoms with van der Waals surface area (Å²) in [6, 6.07) is 38.2. The highest BCUT2D eigenvalue weighted by Gasteiger charge is 2.25. The summed E-state index contributed by atoms with van der Waals surface area (Å²) in [4.78, 5) is 14.5. The SMILES string of the molecule is c1cc(-c2cn3ccccc3n2)cc(N2CCN(c3cccc(-c4cn5ccccc5n4)c3)c3ccccc32)c1. The van der Waals surface area contributed by atoms with Gasteiger partial charge >= 0.3 is 0 Å². The fourth-order valence-electron chi connectivity index (χ4n) is 5.71. The number of nitrogens with zero attached hydrogens (tertiary/aromatic N) is 6. The lowest BCUT2D eigenvalue weighted by molar-refractivity contribution is 0.850. The van der Waals surface area contributed by atoms with Crippen LogP contribution in [-0.2, 0) is 0 Å². The van der Waals surface area contributed by atoms with Crippen molar-refractivity contribution in [2.24, 2.45) is 0 Å². The van der Waals surface area contributed by atoms with Crippen LogP contribution in [0.2, 0.25) is 0 Å². The zero-order chi connectivity index (χ0) is 26.5. The Hall–Kier alpha value is -5.36. The fourth-order valence-corrected chi connectivity index (χ4v) is 5.71. The van der Waals surface area contributed by atoms with Gasteiger partial charge in [-0.3, -0.25) is 0 Å². The summed E-state index contributed by atoms with van der Waals surface area (Å²) in [5.74, 6) is 0. The normalized spacial score (nSPS) is 13.2. The lowest BCUT2D eigenvalue weighted by atomic mass is 10.1. The monoisotopic (exact) mass is 518 g/mol. The first-order chi connectivity index (χ1) is 19.8. The topological polar surface area (TPSA) is 41.1 Å². The fraction of sp³-hybridized carbons (Fsp3) is 0.0588. The highest BCUT2D eigenvalue weighted by molar-refractivity contribution is 5.85. The summed E-state index contributed by atoms with van der Waals surface area (Å²) in [6.45, 7) is 1.73. The number of rotatable bonds is 4. The molecule has 3 aromatic carbocycles. The van der Waals surface area contributed by atoms with Gasteiger partial charge in [-0.05, 0) is 60.7 Å². The van der Waals surface area contributed by atoms with E-state index in [-0.39, 0.29) is 0 Å². The van der Waals surface area contributed by atoms with Crippen molar-refractivity contribution in [3.63, 3.8) is 0 Å². The molecular weight excluding hydrogens is 492 g/mol. The molecule has 0 radical (unpaired) electrons. The van der Waals surface area contributed by atoms with Crippen LogP contribution < -0.4 is 9.80 Å². The molecule has 0 saturated carbocycles. The number of aromatic nitrogens is 4. The van der Waals surface area contributed by atoms with Gasteiger partial charge in [-0.15, -0.1) is 0 Å². The summed E-state index contributed by atoms with van der Waals surface area (Å²) in [6.07, 6.45) is 8.26. The molecule has 5 heterocycles. The molecule has 6 heteroatoms. The van der Waals surface area contributed by atoms with Gasteiger partial charge in [0, 0.05) is 60.4 Å². The Kier molecular flexibility index (Phi) is 5.16. The molecule has 0 N–H and O–H groups in total. The van der Waals surface area contributed by atoms with Crippen molar-refractivity contribution in [1.29, 1.82) is 0 Å². The van der Waals surface area contributed by atoms with E-state index in [4.69, 9.17) is 9.97 Å². The van der Waals surface area contributed by atoms with E-state index in [0.717, 1.165) is 46.9 Å². The summed E-state index contributed by atoms with van der Waals surface area (Å²) >= 11 is 0. The van der Waals surface area contributed by atoms with Gasteiger partial charge in [-0.1, -0.05) is 48.5 Å². The van der Waals surface area contributed by atoms with Gasteiger partial charge in [0.1, 0.15) is 11.3 Å². The highest BCUT2D eigenvalue weighted by Crippen LogP contribution is 2.42. The first-order valence-electron chi connectivity index (χ1n) is 13.5. The third kappa shape index (κ3) is 3.81. The molecule has 0 atom stereocenters. The molecular formula is C34H26N6. The van der Waals surface area contributed by atoms with E-state index in [0.29, 0.717) is 0 Å². The van der Waals surface area contributed by atoms with E-state index < -0.39 is 0 Å². The Bertz CT molecular complexity index is 1790. The maximum Gasteiger partial charge on any atom is 0.137 e. The van der Waals surface area contributed by atoms with Crippen LogP contribution in [0.4, 0.5) is 22.7 Å². The first kappa shape index (κ1) is 22.6. The Morgan fingerprint density at radius 1 is 0.475 bits per heavy atom. The summed E-state index contributed by atoms with van der Waals surface area (Å²) in [7, 11) is 0. The second-order valence-corrected chi connectivity index (χ2v) is 10.1. The second kappa shape index (κ2) is 9.13. The number of hydrogen-bond donors (Lipinski definition) is 0. The zero-order valence-electron chi connectivity index (χ0n) is 21.8. The van der Waals surface area contributed by atoms with Gasteiger partial charge < -0.3 is 18.6 Å². The molecule has 0 fully saturated rings. The smallest absolute Gasteiger partial charge is 0.137 e. The van der Waals surface area contributed by atoms with Crippen molar-refractivity contribution in [1.82, 2.24) is 18.8 Å². The van der Waals surface area contributed by atoms with Crippen LogP contribution in [0.25, 0.3) is 33.8 Å². The lowest BCUT2D eigenvalue weighted by Crippen LogP contribution is -2.36. The van der Waals surface area contributed by atoms with Crippen LogP contribution >= 0.6 is 0 Å². The van der Waals surface area contributed by atoms with E-state index in [9.17, 15) is 0 Å². The van der Waals surface area contributed by atoms with Crippen LogP contribution in [0.15, 0.2) is 134 Å². The minimum Gasteiger partial charge on any atom is -0.338 e. The van der Waals surface area contributed by atoms with Gasteiger partial charge in [0.05, 0.1) is 22.8 Å². The molecule has 1 aliphatic rings. The Balaban J connectivity index is 1.14. The predicted molar refractivity (Wildman–Crippen MR) is 162 cm³/mol. The number of anilines is 4. The molecule has 6 nitrogen and oxygen atoms in total. The maximum absolute atomic E-state index is 4.84. The van der Waals surface area contributed by atoms with Gasteiger partial charge in [-0.25, -0.2) is 9.97 Å². The van der Waals surface area contributed by atoms with Crippen molar-refractivity contribution < 1.29 is 0 Å². The minimum absolute atomic E-state index is 0.865. The Morgan fingerprint density at radius 3 is 1.43 bits per heavy atom. The molecule has 0 saturated heterocycles. The van der Waals surface area contributed by atoms with Crippen molar-refractivity contribution in [3.05, 3.63) is 134 Å². The highest BCUT2D eigenvalue weighted by atomic mass is 15.3. The number of fused-ring (bicyclic) bond motifs is 3. The molecule has 40 heavy (non-hydrogen) atoms. The van der Waals surface area contributed by atoms with Gasteiger partial charge in [0.25, 0.3) is 0 Å². The van der Waals surface area contributed by atoms with E-state index in [1.54, 1.807) is 0 Å². The first-order valence-corrected chi connectivity index (χ1v) is 13.5. The van der Waals surface area contributed by atoms with Crippen molar-refractivity contribution in [2.75, 3.05) is 22.9 Å². The molecule has 0 spiro atoms. The summed E-state index contributed by atoms with van der Waals surface area (Å²) < 4.78 is 4.13. The van der Waals surface area contributed by atoms with Crippen molar-refractivity contribution >= 4 is 34.0 Å². The third-order valence-electron chi connectivity index (χ3n) is 7.65. The molecule has 0 bridgehead atoms. The van der Waals surface area contributed by atoms with Crippen LogP contribution in [0.1, 0.15) is 0 Å². The molecule has 0 amide bonds. The number of hydrogen-bond acceptors (Lipinski definition) is 4. The molecule has 1 aliphatic heterocycles. The van der Waals surface area contributed by atoms with Crippen LogP contribution in [-0.4, -0.2) is 31.9 Å². The molecule has 0 aliphatic carbocycles. The van der Waals surface area contributed by atoms with Gasteiger partial charge in [-0.2, -0.15) is 0 Å². The Labute approximate surface area is 232 Å². The lowest BCUT2D eigenvalue weighted by Gasteiger charge is -2.39. The average molecular weight is 519 g/mol. The second-order valence-electron chi connectivity index (χ2n) is 10.1. The molecule has 192 valence electrons. The molecule has 7 aromatic rings. The predicted octanol–water partition coefficient (Wildman–Crippen LogP) is 7.61. The minimum atomic E-state index is 0.865. The Morgan fingerprint density at radius 2 is 0.950 bits per heavy atom.